The van der Waals surface area contributed by atoms with Gasteiger partial charge in [-0.2, -0.15) is 8.42 Å². The minimum atomic E-state index is -3.77. The minimum Gasteiger partial charge on any atom is -0.262 e. The third kappa shape index (κ3) is 3.72. The molecule has 122 valence electrons. The lowest BCUT2D eigenvalue weighted by Gasteiger charge is -2.11. The van der Waals surface area contributed by atoms with Gasteiger partial charge in [-0.25, -0.2) is 0 Å². The molecular weight excluding hydrogens is 320 g/mol. The molecule has 3 aromatic carbocycles. The molecule has 0 saturated carbocycles. The zero-order valence-electron chi connectivity index (χ0n) is 13.3. The average molecular weight is 338 g/mol. The monoisotopic (exact) mass is 338 g/mol. The summed E-state index contributed by atoms with van der Waals surface area (Å²) in [6.45, 7) is 1.91. The van der Waals surface area contributed by atoms with Crippen LogP contribution in [0.3, 0.4) is 0 Å². The Labute approximate surface area is 142 Å². The highest BCUT2D eigenvalue weighted by Gasteiger charge is 2.16. The van der Waals surface area contributed by atoms with Crippen molar-refractivity contribution < 1.29 is 12.6 Å². The molecule has 0 amide bonds. The maximum absolute atomic E-state index is 12.3. The number of aryl methyl sites for hydroxylation is 1. The predicted molar refractivity (Wildman–Crippen MR) is 95.0 cm³/mol. The zero-order chi connectivity index (χ0) is 17.0. The van der Waals surface area contributed by atoms with Gasteiger partial charge in [-0.1, -0.05) is 72.3 Å². The number of benzene rings is 3. The Morgan fingerprint density at radius 1 is 0.792 bits per heavy atom. The number of hydrogen-bond donors (Lipinski definition) is 0. The van der Waals surface area contributed by atoms with E-state index in [9.17, 15) is 8.42 Å². The summed E-state index contributed by atoms with van der Waals surface area (Å²) in [7, 11) is -3.77. The zero-order valence-corrected chi connectivity index (χ0v) is 14.2. The van der Waals surface area contributed by atoms with E-state index in [2.05, 4.69) is 0 Å². The summed E-state index contributed by atoms with van der Waals surface area (Å²) in [4.78, 5) is 0.172. The fourth-order valence-electron chi connectivity index (χ4n) is 2.46. The van der Waals surface area contributed by atoms with Gasteiger partial charge in [0.25, 0.3) is 10.1 Å². The first-order chi connectivity index (χ1) is 11.6. The Morgan fingerprint density at radius 2 is 1.42 bits per heavy atom. The standard InChI is InChI=1S/C20H18O3S/c1-16-11-13-19(14-12-16)24(21,22)23-15-18-9-5-6-10-20(18)17-7-3-2-4-8-17/h2-14H,15H2,1H3. The fourth-order valence-corrected chi connectivity index (χ4v) is 3.35. The van der Waals surface area contributed by atoms with Crippen LogP contribution in [0.2, 0.25) is 0 Å². The first-order valence-corrected chi connectivity index (χ1v) is 9.06. The van der Waals surface area contributed by atoms with E-state index in [1.165, 1.54) is 0 Å². The molecule has 0 bridgehead atoms. The van der Waals surface area contributed by atoms with Gasteiger partial charge in [-0.15, -0.1) is 0 Å². The first kappa shape index (κ1) is 16.4. The van der Waals surface area contributed by atoms with Gasteiger partial charge in [0.15, 0.2) is 0 Å². The van der Waals surface area contributed by atoms with E-state index in [-0.39, 0.29) is 11.5 Å². The molecule has 3 aromatic rings. The van der Waals surface area contributed by atoms with Crippen molar-refractivity contribution in [3.8, 4) is 11.1 Å². The lowest BCUT2D eigenvalue weighted by Crippen LogP contribution is -2.07. The molecule has 0 aliphatic rings. The van der Waals surface area contributed by atoms with Gasteiger partial charge in [0.05, 0.1) is 11.5 Å². The molecule has 0 spiro atoms. The van der Waals surface area contributed by atoms with Gasteiger partial charge < -0.3 is 0 Å². The van der Waals surface area contributed by atoms with Crippen LogP contribution >= 0.6 is 0 Å². The summed E-state index contributed by atoms with van der Waals surface area (Å²) in [6, 6.07) is 24.1. The van der Waals surface area contributed by atoms with Crippen molar-refractivity contribution in [1.29, 1.82) is 0 Å². The Hall–Kier alpha value is -2.43. The maximum atomic E-state index is 12.3. The van der Waals surface area contributed by atoms with Gasteiger partial charge in [0.1, 0.15) is 0 Å². The summed E-state index contributed by atoms with van der Waals surface area (Å²) in [5.41, 5.74) is 3.84. The van der Waals surface area contributed by atoms with E-state index >= 15 is 0 Å². The normalized spacial score (nSPS) is 11.4. The van der Waals surface area contributed by atoms with Crippen LogP contribution in [0.15, 0.2) is 83.8 Å². The second kappa shape index (κ2) is 6.99. The van der Waals surface area contributed by atoms with E-state index in [0.717, 1.165) is 22.3 Å². The van der Waals surface area contributed by atoms with Crippen LogP contribution in [0.4, 0.5) is 0 Å². The average Bonchev–Trinajstić information content (AvgIpc) is 2.61. The highest BCUT2D eigenvalue weighted by atomic mass is 32.2. The molecule has 0 aliphatic carbocycles. The van der Waals surface area contributed by atoms with Gasteiger partial charge in [0, 0.05) is 0 Å². The van der Waals surface area contributed by atoms with Crippen molar-refractivity contribution in [3.05, 3.63) is 90.0 Å². The van der Waals surface area contributed by atoms with Gasteiger partial charge in [-0.05, 0) is 35.7 Å². The fraction of sp³-hybridized carbons (Fsp3) is 0.100. The van der Waals surface area contributed by atoms with Crippen molar-refractivity contribution in [3.63, 3.8) is 0 Å². The molecule has 0 radical (unpaired) electrons. The number of rotatable bonds is 5. The summed E-state index contributed by atoms with van der Waals surface area (Å²) in [5.74, 6) is 0. The molecule has 0 saturated heterocycles. The Morgan fingerprint density at radius 3 is 2.12 bits per heavy atom. The van der Waals surface area contributed by atoms with Crippen LogP contribution in [0.1, 0.15) is 11.1 Å². The second-order valence-electron chi connectivity index (χ2n) is 5.55. The van der Waals surface area contributed by atoms with Crippen molar-refractivity contribution in [2.24, 2.45) is 0 Å². The summed E-state index contributed by atoms with van der Waals surface area (Å²) in [6.07, 6.45) is 0. The van der Waals surface area contributed by atoms with Crippen LogP contribution < -0.4 is 0 Å². The third-order valence-corrected chi connectivity index (χ3v) is 5.06. The molecule has 0 N–H and O–H groups in total. The molecule has 0 fully saturated rings. The second-order valence-corrected chi connectivity index (χ2v) is 7.17. The van der Waals surface area contributed by atoms with E-state index in [1.807, 2.05) is 61.5 Å². The van der Waals surface area contributed by atoms with Crippen LogP contribution in [-0.4, -0.2) is 8.42 Å². The molecule has 0 aromatic heterocycles. The molecule has 0 unspecified atom stereocenters. The van der Waals surface area contributed by atoms with Crippen LogP contribution in [-0.2, 0) is 20.9 Å². The Bertz CT molecular complexity index is 915. The smallest absolute Gasteiger partial charge is 0.262 e. The van der Waals surface area contributed by atoms with Crippen LogP contribution in [0, 0.1) is 6.92 Å². The molecule has 0 atom stereocenters. The molecule has 3 nitrogen and oxygen atoms in total. The van der Waals surface area contributed by atoms with Crippen molar-refractivity contribution in [2.45, 2.75) is 18.4 Å². The van der Waals surface area contributed by atoms with Crippen LogP contribution in [0.25, 0.3) is 11.1 Å². The largest absolute Gasteiger partial charge is 0.297 e. The topological polar surface area (TPSA) is 43.4 Å². The van der Waals surface area contributed by atoms with Gasteiger partial charge >= 0.3 is 0 Å². The van der Waals surface area contributed by atoms with Crippen molar-refractivity contribution >= 4 is 10.1 Å². The van der Waals surface area contributed by atoms with E-state index in [4.69, 9.17) is 4.18 Å². The molecule has 24 heavy (non-hydrogen) atoms. The number of hydrogen-bond acceptors (Lipinski definition) is 3. The lowest BCUT2D eigenvalue weighted by molar-refractivity contribution is 0.308. The molecule has 4 heteroatoms. The van der Waals surface area contributed by atoms with Crippen LogP contribution in [0.5, 0.6) is 0 Å². The minimum absolute atomic E-state index is 0.00127. The third-order valence-electron chi connectivity index (χ3n) is 3.78. The highest BCUT2D eigenvalue weighted by Crippen LogP contribution is 2.25. The molecule has 0 heterocycles. The predicted octanol–water partition coefficient (Wildman–Crippen LogP) is 4.57. The van der Waals surface area contributed by atoms with E-state index < -0.39 is 10.1 Å². The summed E-state index contributed by atoms with van der Waals surface area (Å²) in [5, 5.41) is 0. The SMILES string of the molecule is Cc1ccc(S(=O)(=O)OCc2ccccc2-c2ccccc2)cc1. The lowest BCUT2D eigenvalue weighted by atomic mass is 10.0. The van der Waals surface area contributed by atoms with Crippen molar-refractivity contribution in [2.75, 3.05) is 0 Å². The summed E-state index contributed by atoms with van der Waals surface area (Å²) >= 11 is 0. The molecule has 0 aliphatic heterocycles. The summed E-state index contributed by atoms with van der Waals surface area (Å²) < 4.78 is 30.0. The highest BCUT2D eigenvalue weighted by molar-refractivity contribution is 7.86. The Balaban J connectivity index is 1.84. The van der Waals surface area contributed by atoms with Gasteiger partial charge in [-0.3, -0.25) is 4.18 Å². The maximum Gasteiger partial charge on any atom is 0.297 e. The molecule has 3 rings (SSSR count). The van der Waals surface area contributed by atoms with E-state index in [1.54, 1.807) is 24.3 Å². The first-order valence-electron chi connectivity index (χ1n) is 7.66. The quantitative estimate of drug-likeness (QED) is 0.640. The van der Waals surface area contributed by atoms with Crippen molar-refractivity contribution in [1.82, 2.24) is 0 Å². The van der Waals surface area contributed by atoms with E-state index in [0.29, 0.717) is 0 Å². The Kier molecular flexibility index (Phi) is 4.79. The van der Waals surface area contributed by atoms with Gasteiger partial charge in [0.2, 0.25) is 0 Å². The molecular formula is C20H18O3S.